The molecule has 3 heteroatoms. The lowest BCUT2D eigenvalue weighted by atomic mass is 9.66. The van der Waals surface area contributed by atoms with Crippen molar-refractivity contribution in [2.75, 3.05) is 0 Å². The minimum atomic E-state index is -0.500. The van der Waals surface area contributed by atoms with Crippen molar-refractivity contribution >= 4 is 53.3 Å². The summed E-state index contributed by atoms with van der Waals surface area (Å²) < 4.78 is 12.2. The Morgan fingerprint density at radius 1 is 0.478 bits per heavy atom. The van der Waals surface area contributed by atoms with E-state index in [1.54, 1.807) is 0 Å². The Bertz CT molecular complexity index is 2700. The Morgan fingerprint density at radius 2 is 1.13 bits per heavy atom. The van der Waals surface area contributed by atoms with Gasteiger partial charge in [0, 0.05) is 47.8 Å². The molecule has 214 valence electrons. The molecule has 0 fully saturated rings. The molecule has 7 aromatic carbocycles. The largest absolute Gasteiger partial charge is 0.454 e. The molecule has 3 heterocycles. The Morgan fingerprint density at radius 3 is 1.96 bits per heavy atom. The van der Waals surface area contributed by atoms with Gasteiger partial charge in [0.1, 0.15) is 5.75 Å². The molecule has 0 atom stereocenters. The number of thiophene rings is 1. The second-order valence-electron chi connectivity index (χ2n) is 12.4. The van der Waals surface area contributed by atoms with Crippen LogP contribution in [0.4, 0.5) is 0 Å². The normalized spacial score (nSPS) is 14.0. The summed E-state index contributed by atoms with van der Waals surface area (Å²) in [6, 6.07) is 55.6. The topological polar surface area (TPSA) is 14.2 Å². The number of nitrogens with zero attached hydrogens (tertiary/aromatic N) is 1. The second-order valence-corrected chi connectivity index (χ2v) is 13.5. The van der Waals surface area contributed by atoms with Gasteiger partial charge in [0.05, 0.1) is 16.4 Å². The molecule has 46 heavy (non-hydrogen) atoms. The minimum Gasteiger partial charge on any atom is -0.454 e. The molecular weight excluding hydrogens is 579 g/mol. The van der Waals surface area contributed by atoms with Crippen LogP contribution in [0.15, 0.2) is 152 Å². The molecule has 2 aliphatic rings. The number of rotatable bonds is 1. The zero-order valence-electron chi connectivity index (χ0n) is 24.7. The number of hydrogen-bond acceptors (Lipinski definition) is 2. The average molecular weight is 604 g/mol. The first-order chi connectivity index (χ1) is 22.8. The van der Waals surface area contributed by atoms with Crippen LogP contribution in [0.1, 0.15) is 22.3 Å². The predicted octanol–water partition coefficient (Wildman–Crippen LogP) is 11.6. The maximum absolute atomic E-state index is 7.12. The van der Waals surface area contributed by atoms with E-state index < -0.39 is 5.41 Å². The van der Waals surface area contributed by atoms with Crippen molar-refractivity contribution < 1.29 is 4.74 Å². The third-order valence-corrected chi connectivity index (χ3v) is 11.4. The Kier molecular flexibility index (Phi) is 4.69. The molecule has 0 radical (unpaired) electrons. The lowest BCUT2D eigenvalue weighted by Crippen LogP contribution is -2.32. The van der Waals surface area contributed by atoms with E-state index in [1.807, 2.05) is 11.3 Å². The number of aromatic nitrogens is 1. The zero-order chi connectivity index (χ0) is 30.0. The van der Waals surface area contributed by atoms with E-state index in [9.17, 15) is 0 Å². The number of fused-ring (bicyclic) bond motifs is 16. The van der Waals surface area contributed by atoms with Gasteiger partial charge in [-0.2, -0.15) is 0 Å². The summed E-state index contributed by atoms with van der Waals surface area (Å²) in [5.74, 6) is 1.83. The maximum atomic E-state index is 7.12. The zero-order valence-corrected chi connectivity index (χ0v) is 25.5. The number of benzene rings is 7. The van der Waals surface area contributed by atoms with Crippen molar-refractivity contribution in [1.82, 2.24) is 4.57 Å². The molecule has 0 amide bonds. The predicted molar refractivity (Wildman–Crippen MR) is 191 cm³/mol. The minimum absolute atomic E-state index is 0.500. The summed E-state index contributed by atoms with van der Waals surface area (Å²) >= 11 is 1.86. The molecule has 2 aromatic heterocycles. The molecule has 11 rings (SSSR count). The molecule has 0 N–H and O–H groups in total. The highest BCUT2D eigenvalue weighted by Gasteiger charge is 2.51. The van der Waals surface area contributed by atoms with E-state index >= 15 is 0 Å². The van der Waals surface area contributed by atoms with Crippen molar-refractivity contribution in [2.45, 2.75) is 5.41 Å². The van der Waals surface area contributed by atoms with Crippen LogP contribution in [0.5, 0.6) is 11.5 Å². The molecule has 2 nitrogen and oxygen atoms in total. The van der Waals surface area contributed by atoms with Crippen molar-refractivity contribution in [3.8, 4) is 28.3 Å². The molecule has 0 saturated carbocycles. The first-order valence-corrected chi connectivity index (χ1v) is 16.6. The summed E-state index contributed by atoms with van der Waals surface area (Å²) in [4.78, 5) is 0. The molecular formula is C43H25NOS. The Balaban J connectivity index is 1.31. The van der Waals surface area contributed by atoms with Gasteiger partial charge in [-0.05, 0) is 58.7 Å². The SMILES string of the molecule is c1ccc2c(c1)Oc1c(ccc3c4ccccc4n(-c4ccc5sc6ccccc6c5c4)c13)C21c2ccccc2-c2ccccc21. The van der Waals surface area contributed by atoms with Crippen molar-refractivity contribution in [1.29, 1.82) is 0 Å². The molecule has 1 aliphatic heterocycles. The Hall–Kier alpha value is -5.64. The smallest absolute Gasteiger partial charge is 0.156 e. The lowest BCUT2D eigenvalue weighted by Gasteiger charge is -2.39. The van der Waals surface area contributed by atoms with E-state index in [4.69, 9.17) is 4.74 Å². The molecule has 1 spiro atoms. The van der Waals surface area contributed by atoms with Gasteiger partial charge in [0.15, 0.2) is 5.75 Å². The van der Waals surface area contributed by atoms with Crippen LogP contribution < -0.4 is 4.74 Å². The van der Waals surface area contributed by atoms with Crippen molar-refractivity contribution in [2.24, 2.45) is 0 Å². The van der Waals surface area contributed by atoms with Gasteiger partial charge in [0.25, 0.3) is 0 Å². The summed E-state index contributed by atoms with van der Waals surface area (Å²) in [6.45, 7) is 0. The fourth-order valence-corrected chi connectivity index (χ4v) is 9.57. The molecule has 0 saturated heterocycles. The summed E-state index contributed by atoms with van der Waals surface area (Å²) in [5, 5.41) is 5.00. The summed E-state index contributed by atoms with van der Waals surface area (Å²) in [6.07, 6.45) is 0. The monoisotopic (exact) mass is 603 g/mol. The van der Waals surface area contributed by atoms with Gasteiger partial charge >= 0.3 is 0 Å². The van der Waals surface area contributed by atoms with Crippen LogP contribution in [-0.4, -0.2) is 4.57 Å². The van der Waals surface area contributed by atoms with Gasteiger partial charge in [-0.3, -0.25) is 0 Å². The van der Waals surface area contributed by atoms with E-state index in [1.165, 1.54) is 69.8 Å². The van der Waals surface area contributed by atoms with Gasteiger partial charge in [-0.25, -0.2) is 0 Å². The Labute approximate surface area is 269 Å². The van der Waals surface area contributed by atoms with E-state index in [0.717, 1.165) is 22.7 Å². The van der Waals surface area contributed by atoms with Crippen LogP contribution >= 0.6 is 11.3 Å². The average Bonchev–Trinajstić information content (AvgIpc) is 3.75. The first-order valence-electron chi connectivity index (χ1n) is 15.8. The molecule has 0 unspecified atom stereocenters. The second kappa shape index (κ2) is 8.75. The summed E-state index contributed by atoms with van der Waals surface area (Å²) in [7, 11) is 0. The fourth-order valence-electron chi connectivity index (χ4n) is 8.48. The molecule has 1 aliphatic carbocycles. The van der Waals surface area contributed by atoms with Crippen LogP contribution in [0.3, 0.4) is 0 Å². The third kappa shape index (κ3) is 2.92. The molecule has 0 bridgehead atoms. The van der Waals surface area contributed by atoms with Gasteiger partial charge in [-0.1, -0.05) is 115 Å². The first kappa shape index (κ1) is 24.7. The van der Waals surface area contributed by atoms with E-state index in [-0.39, 0.29) is 0 Å². The fraction of sp³-hybridized carbons (Fsp3) is 0.0233. The van der Waals surface area contributed by atoms with E-state index in [2.05, 4.69) is 156 Å². The highest BCUT2D eigenvalue weighted by molar-refractivity contribution is 7.25. The highest BCUT2D eigenvalue weighted by atomic mass is 32.1. The van der Waals surface area contributed by atoms with Crippen LogP contribution in [-0.2, 0) is 5.41 Å². The van der Waals surface area contributed by atoms with Crippen LogP contribution in [0.2, 0.25) is 0 Å². The number of hydrogen-bond donors (Lipinski definition) is 0. The van der Waals surface area contributed by atoms with Crippen LogP contribution in [0, 0.1) is 0 Å². The van der Waals surface area contributed by atoms with Gasteiger partial charge in [-0.15, -0.1) is 11.3 Å². The van der Waals surface area contributed by atoms with Crippen LogP contribution in [0.25, 0.3) is 58.8 Å². The summed E-state index contributed by atoms with van der Waals surface area (Å²) in [5.41, 5.74) is 10.5. The standard InChI is InChI=1S/C43H25NOS/c1-5-15-33-27(11-1)28-12-2-6-16-34(28)43(33)35-17-7-9-19-38(35)45-42-36(43)23-22-31-29-13-3-8-18-37(29)44(41(31)42)26-21-24-40-32(25-26)30-14-4-10-20-39(30)46-40/h1-25H. The lowest BCUT2D eigenvalue weighted by molar-refractivity contribution is 0.440. The van der Waals surface area contributed by atoms with Crippen molar-refractivity contribution in [3.63, 3.8) is 0 Å². The van der Waals surface area contributed by atoms with E-state index in [0.29, 0.717) is 0 Å². The van der Waals surface area contributed by atoms with Gasteiger partial charge in [0.2, 0.25) is 0 Å². The van der Waals surface area contributed by atoms with Gasteiger partial charge < -0.3 is 9.30 Å². The number of para-hydroxylation sites is 2. The quantitative estimate of drug-likeness (QED) is 0.182. The highest BCUT2D eigenvalue weighted by Crippen LogP contribution is 2.63. The third-order valence-electron chi connectivity index (χ3n) is 10.3. The maximum Gasteiger partial charge on any atom is 0.156 e. The molecule has 9 aromatic rings. The number of ether oxygens (including phenoxy) is 1. The van der Waals surface area contributed by atoms with Crippen molar-refractivity contribution in [3.05, 3.63) is 174 Å².